The molecule has 4 rings (SSSR count). The highest BCUT2D eigenvalue weighted by Gasteiger charge is 2.28. The Morgan fingerprint density at radius 2 is 1.47 bits per heavy atom. The maximum absolute atomic E-state index is 14.3. The molecule has 0 fully saturated rings. The maximum atomic E-state index is 14.3. The molecule has 2 atom stereocenters. The average molecular weight is 901 g/mol. The number of aryl methyl sites for hydroxylation is 3. The van der Waals surface area contributed by atoms with E-state index >= 15 is 0 Å². The zero-order chi connectivity index (χ0) is 45.6. The lowest BCUT2D eigenvalue weighted by Crippen LogP contribution is -2.48. The van der Waals surface area contributed by atoms with Crippen LogP contribution in [0.4, 0.5) is 0 Å². The van der Waals surface area contributed by atoms with Gasteiger partial charge in [0.25, 0.3) is 16.0 Å². The molecular weight excluding hydrogens is 841 g/mol. The van der Waals surface area contributed by atoms with Crippen molar-refractivity contribution in [2.24, 2.45) is 0 Å². The Balaban J connectivity index is 1.47. The van der Waals surface area contributed by atoms with E-state index in [1.165, 1.54) is 0 Å². The number of esters is 1. The summed E-state index contributed by atoms with van der Waals surface area (Å²) in [5, 5.41) is 15.8. The Bertz CT molecular complexity index is 2370. The minimum Gasteiger partial charge on any atom is -0.491 e. The first-order valence-corrected chi connectivity index (χ1v) is 23.7. The Morgan fingerprint density at radius 1 is 0.839 bits per heavy atom. The summed E-state index contributed by atoms with van der Waals surface area (Å²) in [4.78, 5) is 50.6. The molecule has 3 aromatic carbocycles. The van der Waals surface area contributed by atoms with Gasteiger partial charge in [-0.3, -0.25) is 18.9 Å². The number of carbonyl (C=O) groups is 4. The van der Waals surface area contributed by atoms with Crippen LogP contribution in [-0.4, -0.2) is 112 Å². The zero-order valence-electron chi connectivity index (χ0n) is 36.1. The second-order valence-corrected chi connectivity index (χ2v) is 18.7. The standard InChI is InChI=1S/C44H58N4O12S2/c1-30(2)59-34-17-18-38-36(29-34)41(35-13-6-7-14-37(35)47(38)21-11-25-61(54)55)44(53)60-42-31(3)27-33(28-32(42)4)43(52)46-20-10-23-48(5,24-12-26-62(56,57)58)22-9-19-45-39(49)15-8-16-40(50)51/h6-7,13-14,17-18,27-30H,8-12,15-16,19-26H2,1-5H3,(H3-2,45,46,49,50,51,52,54,55,56,57,58)/p+2. The number of aliphatic carboxylic acids is 1. The van der Waals surface area contributed by atoms with Crippen LogP contribution in [0.2, 0.25) is 0 Å². The Kier molecular flexibility index (Phi) is 18.3. The SMILES string of the molecule is Cc1cc(C(=O)NCCC[N+](C)(CCCNC(=O)CCCC(=O)O)CCCS(=O)(=O)O)cc(C)c1OC(=O)c1c2ccccc2[n+](CCCS(=O)O)c2ccc(OC(C)C)cc12. The van der Waals surface area contributed by atoms with Gasteiger partial charge in [-0.2, -0.15) is 13.0 Å². The van der Waals surface area contributed by atoms with Crippen molar-refractivity contribution >= 4 is 66.8 Å². The largest absolute Gasteiger partial charge is 0.491 e. The average Bonchev–Trinajstić information content (AvgIpc) is 3.18. The number of ether oxygens (including phenoxy) is 2. The van der Waals surface area contributed by atoms with Gasteiger partial charge in [0.15, 0.2) is 17.6 Å². The van der Waals surface area contributed by atoms with Gasteiger partial charge in [-0.25, -0.2) is 9.00 Å². The molecule has 2 amide bonds. The van der Waals surface area contributed by atoms with E-state index < -0.39 is 33.1 Å². The van der Waals surface area contributed by atoms with Crippen LogP contribution in [0, 0.1) is 13.8 Å². The van der Waals surface area contributed by atoms with E-state index in [-0.39, 0.29) is 55.1 Å². The summed E-state index contributed by atoms with van der Waals surface area (Å²) in [6.07, 6.45) is 1.92. The third-order valence-electron chi connectivity index (χ3n) is 10.4. The molecule has 18 heteroatoms. The number of nitrogens with zero attached hydrogens (tertiary/aromatic N) is 2. The Labute approximate surface area is 365 Å². The smallest absolute Gasteiger partial charge is 0.345 e. The molecule has 4 aromatic rings. The Hall–Kier alpha value is -5.01. The first kappa shape index (κ1) is 49.6. The number of nitrogens with one attached hydrogen (secondary N) is 2. The fourth-order valence-electron chi connectivity index (χ4n) is 7.59. The molecule has 0 aliphatic heterocycles. The molecule has 0 saturated carbocycles. The third-order valence-corrected chi connectivity index (χ3v) is 11.9. The quantitative estimate of drug-likeness (QED) is 0.00854. The normalized spacial score (nSPS) is 13.2. The molecule has 62 heavy (non-hydrogen) atoms. The second-order valence-electron chi connectivity index (χ2n) is 16.1. The molecule has 0 saturated heterocycles. The molecule has 338 valence electrons. The molecular formula is C44H60N4O12S2+2. The number of aromatic nitrogens is 1. The van der Waals surface area contributed by atoms with Crippen molar-refractivity contribution in [3.05, 3.63) is 76.9 Å². The van der Waals surface area contributed by atoms with Crippen LogP contribution >= 0.6 is 0 Å². The number of rotatable bonds is 25. The van der Waals surface area contributed by atoms with Crippen molar-refractivity contribution < 1.29 is 64.5 Å². The molecule has 0 bridgehead atoms. The van der Waals surface area contributed by atoms with Crippen LogP contribution in [0.1, 0.15) is 90.6 Å². The summed E-state index contributed by atoms with van der Waals surface area (Å²) >= 11 is -1.95. The van der Waals surface area contributed by atoms with Crippen LogP contribution in [-0.2, 0) is 37.3 Å². The molecule has 0 aliphatic carbocycles. The van der Waals surface area contributed by atoms with Crippen molar-refractivity contribution in [2.45, 2.75) is 85.3 Å². The van der Waals surface area contributed by atoms with E-state index in [2.05, 4.69) is 10.6 Å². The van der Waals surface area contributed by atoms with Crippen molar-refractivity contribution in [3.63, 3.8) is 0 Å². The van der Waals surface area contributed by atoms with Crippen LogP contribution in [0.15, 0.2) is 54.6 Å². The van der Waals surface area contributed by atoms with E-state index in [4.69, 9.17) is 14.6 Å². The van der Waals surface area contributed by atoms with E-state index in [9.17, 15) is 40.9 Å². The van der Waals surface area contributed by atoms with E-state index in [1.807, 2.05) is 67.9 Å². The van der Waals surface area contributed by atoms with Crippen molar-refractivity contribution in [2.75, 3.05) is 51.3 Å². The van der Waals surface area contributed by atoms with Gasteiger partial charge in [0.1, 0.15) is 11.5 Å². The summed E-state index contributed by atoms with van der Waals surface area (Å²) in [6, 6.07) is 16.3. The number of carboxylic acid groups (broad SMARTS) is 1. The van der Waals surface area contributed by atoms with Gasteiger partial charge in [-0.1, -0.05) is 12.1 Å². The lowest BCUT2D eigenvalue weighted by atomic mass is 10.0. The molecule has 1 aromatic heterocycles. The first-order chi connectivity index (χ1) is 29.3. The molecule has 16 nitrogen and oxygen atoms in total. The summed E-state index contributed by atoms with van der Waals surface area (Å²) in [7, 11) is -2.19. The highest BCUT2D eigenvalue weighted by atomic mass is 32.2. The number of benzene rings is 3. The number of hydrogen-bond donors (Lipinski definition) is 5. The van der Waals surface area contributed by atoms with Crippen LogP contribution in [0.3, 0.4) is 0 Å². The molecule has 0 spiro atoms. The third kappa shape index (κ3) is 15.1. The number of hydrogen-bond acceptors (Lipinski definition) is 9. The number of quaternary nitrogens is 1. The van der Waals surface area contributed by atoms with Gasteiger partial charge in [-0.05, 0) is 75.6 Å². The summed E-state index contributed by atoms with van der Waals surface area (Å²) in [5.41, 5.74) is 3.32. The van der Waals surface area contributed by atoms with Crippen LogP contribution in [0.5, 0.6) is 11.5 Å². The van der Waals surface area contributed by atoms with E-state index in [0.29, 0.717) is 108 Å². The van der Waals surface area contributed by atoms with E-state index in [1.54, 1.807) is 26.0 Å². The van der Waals surface area contributed by atoms with Gasteiger partial charge in [-0.15, -0.1) is 0 Å². The molecule has 0 aliphatic rings. The topological polar surface area (TPSA) is 227 Å². The summed E-state index contributed by atoms with van der Waals surface area (Å²) < 4.78 is 67.6. The van der Waals surface area contributed by atoms with Gasteiger partial charge in [0.2, 0.25) is 16.9 Å². The van der Waals surface area contributed by atoms with E-state index in [0.717, 1.165) is 11.0 Å². The number of para-hydroxylation sites is 1. The van der Waals surface area contributed by atoms with Crippen LogP contribution < -0.4 is 24.7 Å². The number of carbonyl (C=O) groups excluding carboxylic acids is 3. The highest BCUT2D eigenvalue weighted by molar-refractivity contribution is 7.85. The number of pyridine rings is 1. The fourth-order valence-corrected chi connectivity index (χ4v) is 8.46. The van der Waals surface area contributed by atoms with Crippen molar-refractivity contribution in [3.8, 4) is 11.5 Å². The summed E-state index contributed by atoms with van der Waals surface area (Å²) in [5.74, 6) is -1.53. The van der Waals surface area contributed by atoms with Gasteiger partial charge in [0, 0.05) is 69.3 Å². The number of amides is 2. The Morgan fingerprint density at radius 3 is 2.10 bits per heavy atom. The molecule has 5 N–H and O–H groups in total. The van der Waals surface area contributed by atoms with Crippen LogP contribution in [0.25, 0.3) is 21.8 Å². The van der Waals surface area contributed by atoms with Crippen molar-refractivity contribution in [1.82, 2.24) is 10.6 Å². The monoisotopic (exact) mass is 900 g/mol. The minimum absolute atomic E-state index is 0.0877. The molecule has 1 heterocycles. The lowest BCUT2D eigenvalue weighted by Gasteiger charge is -2.35. The van der Waals surface area contributed by atoms with Crippen molar-refractivity contribution in [1.29, 1.82) is 0 Å². The van der Waals surface area contributed by atoms with Gasteiger partial charge in [0.05, 0.1) is 60.6 Å². The highest BCUT2D eigenvalue weighted by Crippen LogP contribution is 2.32. The predicted molar refractivity (Wildman–Crippen MR) is 236 cm³/mol. The van der Waals surface area contributed by atoms with Gasteiger partial charge < -0.3 is 34.2 Å². The first-order valence-electron chi connectivity index (χ1n) is 20.8. The molecule has 0 radical (unpaired) electrons. The second kappa shape index (κ2) is 22.9. The predicted octanol–water partition coefficient (Wildman–Crippen LogP) is 5.12. The lowest BCUT2D eigenvalue weighted by molar-refractivity contribution is -0.909. The number of fused-ring (bicyclic) bond motifs is 2. The zero-order valence-corrected chi connectivity index (χ0v) is 37.7. The number of carboxylic acids is 1. The minimum atomic E-state index is -4.14. The maximum Gasteiger partial charge on any atom is 0.345 e. The molecule has 2 unspecified atom stereocenters. The van der Waals surface area contributed by atoms with Gasteiger partial charge >= 0.3 is 11.9 Å². The fraction of sp³-hybridized carbons (Fsp3) is 0.477. The summed E-state index contributed by atoms with van der Waals surface area (Å²) in [6.45, 7) is 10.0.